The Bertz CT molecular complexity index is 1220. The molecule has 3 aromatic carbocycles. The molecule has 0 bridgehead atoms. The summed E-state index contributed by atoms with van der Waals surface area (Å²) in [6, 6.07) is 21.8. The predicted octanol–water partition coefficient (Wildman–Crippen LogP) is 5.07. The number of hydrogen-bond acceptors (Lipinski definition) is 7. The number of nitrogens with zero attached hydrogens (tertiary/aromatic N) is 1. The minimum absolute atomic E-state index is 0.195. The van der Waals surface area contributed by atoms with E-state index in [0.717, 1.165) is 10.9 Å². The number of rotatable bonds is 7. The van der Waals surface area contributed by atoms with Crippen molar-refractivity contribution in [1.29, 1.82) is 0 Å². The lowest BCUT2D eigenvalue weighted by Crippen LogP contribution is -2.08. The maximum atomic E-state index is 12.8. The minimum atomic E-state index is -0.686. The number of hydrogen-bond donors (Lipinski definition) is 0. The van der Waals surface area contributed by atoms with E-state index in [1.165, 1.54) is 33.5 Å². The monoisotopic (exact) mass is 431 g/mol. The summed E-state index contributed by atoms with van der Waals surface area (Å²) in [5.74, 6) is 0.845. The van der Waals surface area contributed by atoms with Crippen LogP contribution < -0.4 is 14.2 Å². The Balaban J connectivity index is 1.71. The van der Waals surface area contributed by atoms with Gasteiger partial charge in [-0.25, -0.2) is 4.79 Å². The molecule has 7 heteroatoms. The molecule has 0 aliphatic carbocycles. The van der Waals surface area contributed by atoms with E-state index in [9.17, 15) is 4.79 Å². The fourth-order valence-corrected chi connectivity index (χ4v) is 3.27. The molecule has 1 aromatic heterocycles. The molecule has 0 N–H and O–H groups in total. The third kappa shape index (κ3) is 4.13. The van der Waals surface area contributed by atoms with E-state index in [1.807, 2.05) is 60.7 Å². The van der Waals surface area contributed by atoms with Crippen molar-refractivity contribution in [1.82, 2.24) is 0 Å². The third-order valence-electron chi connectivity index (χ3n) is 4.83. The highest BCUT2D eigenvalue weighted by Gasteiger charge is 2.20. The van der Waals surface area contributed by atoms with Crippen molar-refractivity contribution in [2.24, 2.45) is 5.16 Å². The van der Waals surface area contributed by atoms with Crippen LogP contribution in [-0.4, -0.2) is 33.0 Å². The molecule has 1 heterocycles. The van der Waals surface area contributed by atoms with Crippen LogP contribution in [0, 0.1) is 0 Å². The van der Waals surface area contributed by atoms with Crippen LogP contribution in [0.15, 0.2) is 82.4 Å². The second-order valence-electron chi connectivity index (χ2n) is 6.75. The van der Waals surface area contributed by atoms with E-state index < -0.39 is 5.97 Å². The molecular weight excluding hydrogens is 410 g/mol. The van der Waals surface area contributed by atoms with Crippen molar-refractivity contribution >= 4 is 22.7 Å². The van der Waals surface area contributed by atoms with Crippen molar-refractivity contribution in [2.75, 3.05) is 21.3 Å². The molecule has 0 amide bonds. The number of para-hydroxylation sites is 1. The Morgan fingerprint density at radius 3 is 2.06 bits per heavy atom. The molecule has 0 radical (unpaired) electrons. The average Bonchev–Trinajstić information content (AvgIpc) is 3.27. The second kappa shape index (κ2) is 9.26. The van der Waals surface area contributed by atoms with E-state index >= 15 is 0 Å². The summed E-state index contributed by atoms with van der Waals surface area (Å²) in [4.78, 5) is 18.1. The number of oxime groups is 1. The van der Waals surface area contributed by atoms with Crippen molar-refractivity contribution in [3.05, 3.63) is 89.7 Å². The van der Waals surface area contributed by atoms with Crippen LogP contribution in [0.25, 0.3) is 11.0 Å². The van der Waals surface area contributed by atoms with Gasteiger partial charge in [-0.3, -0.25) is 0 Å². The summed E-state index contributed by atoms with van der Waals surface area (Å²) in [7, 11) is 4.43. The highest BCUT2D eigenvalue weighted by Crippen LogP contribution is 2.38. The van der Waals surface area contributed by atoms with Crippen LogP contribution in [0.4, 0.5) is 0 Å². The number of fused-ring (bicyclic) bond motifs is 1. The molecule has 162 valence electrons. The summed E-state index contributed by atoms with van der Waals surface area (Å²) in [6.45, 7) is 0. The smallest absolute Gasteiger partial charge is 0.366 e. The van der Waals surface area contributed by atoms with E-state index in [4.69, 9.17) is 23.5 Å². The van der Waals surface area contributed by atoms with Crippen LogP contribution in [0.5, 0.6) is 17.2 Å². The molecule has 4 aromatic rings. The quantitative estimate of drug-likeness (QED) is 0.231. The summed E-state index contributed by atoms with van der Waals surface area (Å²) in [5.41, 5.74) is 2.04. The number of carbonyl (C=O) groups excluding carboxylic acids is 1. The van der Waals surface area contributed by atoms with Gasteiger partial charge in [-0.2, -0.15) is 0 Å². The Kier molecular flexibility index (Phi) is 6.07. The zero-order chi connectivity index (χ0) is 22.5. The molecule has 0 spiro atoms. The van der Waals surface area contributed by atoms with Gasteiger partial charge in [0.1, 0.15) is 5.58 Å². The lowest BCUT2D eigenvalue weighted by atomic mass is 10.1. The van der Waals surface area contributed by atoms with Crippen molar-refractivity contribution in [3.63, 3.8) is 0 Å². The molecule has 0 unspecified atom stereocenters. The van der Waals surface area contributed by atoms with Gasteiger partial charge in [0.2, 0.25) is 5.75 Å². The SMILES string of the molecule is COc1cc(C(=O)O/N=C(/c2ccccc2)c2cc3ccccc3o2)cc(OC)c1OC. The molecule has 32 heavy (non-hydrogen) atoms. The van der Waals surface area contributed by atoms with Gasteiger partial charge >= 0.3 is 5.97 Å². The van der Waals surface area contributed by atoms with Crippen LogP contribution in [0.1, 0.15) is 21.7 Å². The molecule has 7 nitrogen and oxygen atoms in total. The maximum absolute atomic E-state index is 12.8. The van der Waals surface area contributed by atoms with Crippen LogP contribution in [0.3, 0.4) is 0 Å². The summed E-state index contributed by atoms with van der Waals surface area (Å²) in [6.07, 6.45) is 0. The largest absolute Gasteiger partial charge is 0.493 e. The molecule has 0 aliphatic heterocycles. The predicted molar refractivity (Wildman–Crippen MR) is 120 cm³/mol. The van der Waals surface area contributed by atoms with Gasteiger partial charge < -0.3 is 23.5 Å². The number of carbonyl (C=O) groups is 1. The molecule has 0 saturated carbocycles. The summed E-state index contributed by atoms with van der Waals surface area (Å²) < 4.78 is 21.8. The fraction of sp³-hybridized carbons (Fsp3) is 0.120. The van der Waals surface area contributed by atoms with Crippen LogP contribution in [0.2, 0.25) is 0 Å². The van der Waals surface area contributed by atoms with E-state index in [2.05, 4.69) is 5.16 Å². The number of furan rings is 1. The highest BCUT2D eigenvalue weighted by atomic mass is 16.7. The van der Waals surface area contributed by atoms with Gasteiger partial charge in [0.25, 0.3) is 0 Å². The Labute approximate surface area is 184 Å². The number of methoxy groups -OCH3 is 3. The minimum Gasteiger partial charge on any atom is -0.493 e. The Morgan fingerprint density at radius 2 is 1.44 bits per heavy atom. The highest BCUT2D eigenvalue weighted by molar-refractivity contribution is 6.12. The third-order valence-corrected chi connectivity index (χ3v) is 4.83. The average molecular weight is 431 g/mol. The first-order valence-electron chi connectivity index (χ1n) is 9.78. The lowest BCUT2D eigenvalue weighted by Gasteiger charge is -2.13. The first-order chi connectivity index (χ1) is 15.6. The first kappa shape index (κ1) is 21.0. The van der Waals surface area contributed by atoms with Gasteiger partial charge in [-0.05, 0) is 24.3 Å². The zero-order valence-corrected chi connectivity index (χ0v) is 17.8. The molecule has 0 fully saturated rings. The standard InChI is InChI=1S/C25H21NO6/c1-28-21-14-18(15-22(29-2)24(21)30-3)25(27)32-26-23(16-9-5-4-6-10-16)20-13-17-11-7-8-12-19(17)31-20/h4-15H,1-3H3/b26-23-. The van der Waals surface area contributed by atoms with Gasteiger partial charge in [0.15, 0.2) is 23.0 Å². The van der Waals surface area contributed by atoms with Crippen LogP contribution >= 0.6 is 0 Å². The zero-order valence-electron chi connectivity index (χ0n) is 17.8. The summed E-state index contributed by atoms with van der Waals surface area (Å²) in [5, 5.41) is 5.07. The lowest BCUT2D eigenvalue weighted by molar-refractivity contribution is 0.0515. The molecule has 0 saturated heterocycles. The number of benzene rings is 3. The van der Waals surface area contributed by atoms with Crippen LogP contribution in [-0.2, 0) is 4.84 Å². The number of ether oxygens (including phenoxy) is 3. The first-order valence-corrected chi connectivity index (χ1v) is 9.78. The molecule has 0 aliphatic rings. The van der Waals surface area contributed by atoms with E-state index in [0.29, 0.717) is 34.3 Å². The van der Waals surface area contributed by atoms with Crippen molar-refractivity contribution < 1.29 is 28.3 Å². The summed E-state index contributed by atoms with van der Waals surface area (Å²) >= 11 is 0. The van der Waals surface area contributed by atoms with Crippen molar-refractivity contribution in [2.45, 2.75) is 0 Å². The van der Waals surface area contributed by atoms with Gasteiger partial charge in [0, 0.05) is 10.9 Å². The topological polar surface area (TPSA) is 79.5 Å². The fourth-order valence-electron chi connectivity index (χ4n) is 3.27. The van der Waals surface area contributed by atoms with E-state index in [1.54, 1.807) is 0 Å². The molecule has 4 rings (SSSR count). The second-order valence-corrected chi connectivity index (χ2v) is 6.75. The van der Waals surface area contributed by atoms with Crippen molar-refractivity contribution in [3.8, 4) is 17.2 Å². The molecule has 0 atom stereocenters. The maximum Gasteiger partial charge on any atom is 0.366 e. The van der Waals surface area contributed by atoms with Gasteiger partial charge in [-0.15, -0.1) is 0 Å². The normalized spacial score (nSPS) is 11.3. The van der Waals surface area contributed by atoms with Gasteiger partial charge in [-0.1, -0.05) is 53.7 Å². The Morgan fingerprint density at radius 1 is 0.781 bits per heavy atom. The molecular formula is C25H21NO6. The Hall–Kier alpha value is -4.26. The van der Waals surface area contributed by atoms with Gasteiger partial charge in [0.05, 0.1) is 26.9 Å². The van der Waals surface area contributed by atoms with E-state index in [-0.39, 0.29) is 5.56 Å².